The SMILES string of the molecule is CN(C)CCNC(=O)CNc1ccccc1F. The fraction of sp³-hybridized carbons (Fsp3) is 0.417. The summed E-state index contributed by atoms with van der Waals surface area (Å²) < 4.78 is 13.2. The van der Waals surface area contributed by atoms with Gasteiger partial charge in [-0.3, -0.25) is 4.79 Å². The third-order valence-corrected chi connectivity index (χ3v) is 2.19. The summed E-state index contributed by atoms with van der Waals surface area (Å²) in [5, 5.41) is 5.49. The lowest BCUT2D eigenvalue weighted by Crippen LogP contribution is -2.35. The van der Waals surface area contributed by atoms with E-state index < -0.39 is 0 Å². The van der Waals surface area contributed by atoms with Crippen LogP contribution in [-0.2, 0) is 4.79 Å². The van der Waals surface area contributed by atoms with E-state index >= 15 is 0 Å². The molecular formula is C12H18FN3O. The number of halogens is 1. The van der Waals surface area contributed by atoms with Crippen LogP contribution in [0.1, 0.15) is 0 Å². The van der Waals surface area contributed by atoms with Crippen LogP contribution in [-0.4, -0.2) is 44.5 Å². The van der Waals surface area contributed by atoms with E-state index in [0.717, 1.165) is 6.54 Å². The number of nitrogens with one attached hydrogen (secondary N) is 2. The van der Waals surface area contributed by atoms with Crippen LogP contribution < -0.4 is 10.6 Å². The number of hydrogen-bond acceptors (Lipinski definition) is 3. The highest BCUT2D eigenvalue weighted by atomic mass is 19.1. The van der Waals surface area contributed by atoms with Crippen LogP contribution in [0.25, 0.3) is 0 Å². The quantitative estimate of drug-likeness (QED) is 0.775. The maximum Gasteiger partial charge on any atom is 0.239 e. The molecule has 0 saturated carbocycles. The third-order valence-electron chi connectivity index (χ3n) is 2.19. The van der Waals surface area contributed by atoms with E-state index in [4.69, 9.17) is 0 Å². The van der Waals surface area contributed by atoms with Gasteiger partial charge in [0.1, 0.15) is 5.82 Å². The number of likely N-dealkylation sites (N-methyl/N-ethyl adjacent to an activating group) is 1. The molecule has 0 fully saturated rings. The first kappa shape index (κ1) is 13.4. The molecule has 0 heterocycles. The van der Waals surface area contributed by atoms with Crippen LogP contribution in [0.5, 0.6) is 0 Å². The highest BCUT2D eigenvalue weighted by molar-refractivity contribution is 5.80. The fourth-order valence-electron chi connectivity index (χ4n) is 1.26. The lowest BCUT2D eigenvalue weighted by Gasteiger charge is -2.11. The van der Waals surface area contributed by atoms with E-state index in [2.05, 4.69) is 10.6 Å². The van der Waals surface area contributed by atoms with Gasteiger partial charge in [0.15, 0.2) is 0 Å². The monoisotopic (exact) mass is 239 g/mol. The summed E-state index contributed by atoms with van der Waals surface area (Å²) >= 11 is 0. The average molecular weight is 239 g/mol. The Kier molecular flexibility index (Phi) is 5.42. The minimum Gasteiger partial charge on any atom is -0.374 e. The van der Waals surface area contributed by atoms with Crippen molar-refractivity contribution in [2.24, 2.45) is 0 Å². The number of rotatable bonds is 6. The zero-order valence-electron chi connectivity index (χ0n) is 10.2. The Morgan fingerprint density at radius 2 is 2.06 bits per heavy atom. The summed E-state index contributed by atoms with van der Waals surface area (Å²) in [6.07, 6.45) is 0. The normalized spacial score (nSPS) is 10.4. The summed E-state index contributed by atoms with van der Waals surface area (Å²) in [4.78, 5) is 13.4. The first-order chi connectivity index (χ1) is 8.09. The molecule has 0 atom stereocenters. The van der Waals surface area contributed by atoms with Crippen LogP contribution >= 0.6 is 0 Å². The van der Waals surface area contributed by atoms with Gasteiger partial charge >= 0.3 is 0 Å². The number of nitrogens with zero attached hydrogens (tertiary/aromatic N) is 1. The van der Waals surface area contributed by atoms with Gasteiger partial charge in [-0.25, -0.2) is 4.39 Å². The molecule has 1 aromatic rings. The highest BCUT2D eigenvalue weighted by Gasteiger charge is 2.03. The third kappa shape index (κ3) is 5.31. The molecule has 0 unspecified atom stereocenters. The molecule has 0 saturated heterocycles. The molecule has 0 aromatic heterocycles. The zero-order chi connectivity index (χ0) is 12.7. The van der Waals surface area contributed by atoms with Crippen LogP contribution in [0.15, 0.2) is 24.3 Å². The molecule has 0 aliphatic rings. The second-order valence-electron chi connectivity index (χ2n) is 3.99. The lowest BCUT2D eigenvalue weighted by molar-refractivity contribution is -0.119. The lowest BCUT2D eigenvalue weighted by atomic mass is 10.3. The Morgan fingerprint density at radius 1 is 1.35 bits per heavy atom. The Hall–Kier alpha value is -1.62. The van der Waals surface area contributed by atoms with Crippen molar-refractivity contribution in [3.05, 3.63) is 30.1 Å². The fourth-order valence-corrected chi connectivity index (χ4v) is 1.26. The van der Waals surface area contributed by atoms with E-state index in [1.165, 1.54) is 6.07 Å². The van der Waals surface area contributed by atoms with Crippen molar-refractivity contribution in [2.45, 2.75) is 0 Å². The van der Waals surface area contributed by atoms with E-state index in [1.807, 2.05) is 19.0 Å². The first-order valence-corrected chi connectivity index (χ1v) is 5.49. The minimum atomic E-state index is -0.353. The molecule has 17 heavy (non-hydrogen) atoms. The first-order valence-electron chi connectivity index (χ1n) is 5.49. The molecule has 0 bridgehead atoms. The van der Waals surface area contributed by atoms with Crippen LogP contribution in [0, 0.1) is 5.82 Å². The van der Waals surface area contributed by atoms with Crippen molar-refractivity contribution in [3.8, 4) is 0 Å². The summed E-state index contributed by atoms with van der Waals surface area (Å²) in [5.74, 6) is -0.497. The van der Waals surface area contributed by atoms with Crippen molar-refractivity contribution in [1.82, 2.24) is 10.2 Å². The Bertz CT molecular complexity index is 369. The standard InChI is InChI=1S/C12H18FN3O/c1-16(2)8-7-14-12(17)9-15-11-6-4-3-5-10(11)13/h3-6,15H,7-9H2,1-2H3,(H,14,17). The van der Waals surface area contributed by atoms with Gasteiger partial charge in [0, 0.05) is 13.1 Å². The van der Waals surface area contributed by atoms with Gasteiger partial charge in [-0.05, 0) is 26.2 Å². The predicted octanol–water partition coefficient (Wildman–Crippen LogP) is 0.915. The van der Waals surface area contributed by atoms with Crippen molar-refractivity contribution in [2.75, 3.05) is 39.0 Å². The predicted molar refractivity (Wildman–Crippen MR) is 66.5 cm³/mol. The van der Waals surface area contributed by atoms with Crippen LogP contribution in [0.2, 0.25) is 0 Å². The Labute approximate surface area is 101 Å². The average Bonchev–Trinajstić information content (AvgIpc) is 2.27. The molecule has 94 valence electrons. The molecule has 4 nitrogen and oxygen atoms in total. The summed E-state index contributed by atoms with van der Waals surface area (Å²) in [6.45, 7) is 1.45. The topological polar surface area (TPSA) is 44.4 Å². The second-order valence-corrected chi connectivity index (χ2v) is 3.99. The van der Waals surface area contributed by atoms with Gasteiger partial charge in [0.25, 0.3) is 0 Å². The maximum atomic E-state index is 13.2. The molecule has 1 aromatic carbocycles. The van der Waals surface area contributed by atoms with Gasteiger partial charge in [0.2, 0.25) is 5.91 Å². The number of carbonyl (C=O) groups is 1. The van der Waals surface area contributed by atoms with E-state index in [9.17, 15) is 9.18 Å². The smallest absolute Gasteiger partial charge is 0.239 e. The maximum absolute atomic E-state index is 13.2. The number of carbonyl (C=O) groups excluding carboxylic acids is 1. The number of para-hydroxylation sites is 1. The number of benzene rings is 1. The van der Waals surface area contributed by atoms with Crippen molar-refractivity contribution < 1.29 is 9.18 Å². The van der Waals surface area contributed by atoms with E-state index in [0.29, 0.717) is 12.2 Å². The molecule has 1 rings (SSSR count). The Balaban J connectivity index is 2.26. The number of hydrogen-bond donors (Lipinski definition) is 2. The molecular weight excluding hydrogens is 221 g/mol. The van der Waals surface area contributed by atoms with Gasteiger partial charge < -0.3 is 15.5 Å². The zero-order valence-corrected chi connectivity index (χ0v) is 10.2. The minimum absolute atomic E-state index is 0.0777. The largest absolute Gasteiger partial charge is 0.374 e. The van der Waals surface area contributed by atoms with Gasteiger partial charge in [-0.2, -0.15) is 0 Å². The van der Waals surface area contributed by atoms with E-state index in [-0.39, 0.29) is 18.3 Å². The van der Waals surface area contributed by atoms with Crippen molar-refractivity contribution in [1.29, 1.82) is 0 Å². The molecule has 5 heteroatoms. The van der Waals surface area contributed by atoms with E-state index in [1.54, 1.807) is 18.2 Å². The molecule has 1 amide bonds. The number of anilines is 1. The molecule has 2 N–H and O–H groups in total. The summed E-state index contributed by atoms with van der Waals surface area (Å²) in [5.41, 5.74) is 0.343. The molecule has 0 radical (unpaired) electrons. The van der Waals surface area contributed by atoms with Crippen LogP contribution in [0.3, 0.4) is 0 Å². The van der Waals surface area contributed by atoms with Gasteiger partial charge in [-0.1, -0.05) is 12.1 Å². The van der Waals surface area contributed by atoms with Crippen LogP contribution in [0.4, 0.5) is 10.1 Å². The molecule has 0 spiro atoms. The second kappa shape index (κ2) is 6.85. The van der Waals surface area contributed by atoms with Gasteiger partial charge in [-0.15, -0.1) is 0 Å². The molecule has 0 aliphatic heterocycles. The summed E-state index contributed by atoms with van der Waals surface area (Å²) in [6, 6.07) is 6.28. The van der Waals surface area contributed by atoms with Crippen molar-refractivity contribution >= 4 is 11.6 Å². The number of amides is 1. The highest BCUT2D eigenvalue weighted by Crippen LogP contribution is 2.11. The van der Waals surface area contributed by atoms with Gasteiger partial charge in [0.05, 0.1) is 12.2 Å². The Morgan fingerprint density at radius 3 is 2.71 bits per heavy atom. The van der Waals surface area contributed by atoms with Crippen molar-refractivity contribution in [3.63, 3.8) is 0 Å². The molecule has 0 aliphatic carbocycles. The summed E-state index contributed by atoms with van der Waals surface area (Å²) in [7, 11) is 3.87.